The molecule has 2 aliphatic rings. The second-order valence-electron chi connectivity index (χ2n) is 6.11. The highest BCUT2D eigenvalue weighted by Gasteiger charge is 2.33. The highest BCUT2D eigenvalue weighted by Crippen LogP contribution is 2.23. The monoisotopic (exact) mass is 344 g/mol. The van der Waals surface area contributed by atoms with E-state index in [1.165, 1.54) is 0 Å². The Balaban J connectivity index is 1.71. The van der Waals surface area contributed by atoms with Crippen molar-refractivity contribution in [1.82, 2.24) is 9.88 Å². The lowest BCUT2D eigenvalue weighted by molar-refractivity contribution is 0.0574. The van der Waals surface area contributed by atoms with Crippen molar-refractivity contribution in [1.29, 1.82) is 0 Å². The van der Waals surface area contributed by atoms with Crippen LogP contribution in [0.25, 0.3) is 0 Å². The summed E-state index contributed by atoms with van der Waals surface area (Å²) in [5.74, 6) is 0.541. The molecule has 0 unspecified atom stereocenters. The van der Waals surface area contributed by atoms with E-state index in [4.69, 9.17) is 16.3 Å². The number of nitrogens with zero attached hydrogens (tertiary/aromatic N) is 2. The van der Waals surface area contributed by atoms with Gasteiger partial charge in [0.25, 0.3) is 0 Å². The van der Waals surface area contributed by atoms with Crippen LogP contribution in [0.1, 0.15) is 24.8 Å². The molecule has 0 N–H and O–H groups in total. The van der Waals surface area contributed by atoms with E-state index in [2.05, 4.69) is 9.88 Å². The molecule has 3 heterocycles. The van der Waals surface area contributed by atoms with Crippen molar-refractivity contribution in [3.05, 3.63) is 29.0 Å². The molecule has 7 heteroatoms. The summed E-state index contributed by atoms with van der Waals surface area (Å²) in [4.78, 5) is 6.35. The largest absolute Gasteiger partial charge is 0.377 e. The maximum absolute atomic E-state index is 11.8. The van der Waals surface area contributed by atoms with Crippen LogP contribution in [-0.4, -0.2) is 55.1 Å². The third-order valence-corrected chi connectivity index (χ3v) is 6.34. The first-order chi connectivity index (χ1) is 10.5. The van der Waals surface area contributed by atoms with Crippen molar-refractivity contribution < 1.29 is 13.2 Å². The van der Waals surface area contributed by atoms with Gasteiger partial charge in [-0.2, -0.15) is 0 Å². The standard InChI is InChI=1S/C15H21ClN2O3S/c16-15-4-3-12(8-17-15)9-18(10-14-2-1-6-21-14)13-5-7-22(19,20)11-13/h3-4,8,13-14H,1-2,5-7,9-11H2/t13-,14-/m0/s1. The summed E-state index contributed by atoms with van der Waals surface area (Å²) >= 11 is 5.83. The molecule has 3 rings (SSSR count). The Morgan fingerprint density at radius 1 is 1.36 bits per heavy atom. The lowest BCUT2D eigenvalue weighted by Gasteiger charge is -2.30. The van der Waals surface area contributed by atoms with Crippen molar-refractivity contribution in [2.45, 2.75) is 38.0 Å². The van der Waals surface area contributed by atoms with Crippen LogP contribution in [0, 0.1) is 0 Å². The Bertz CT molecular complexity index is 600. The first-order valence-corrected chi connectivity index (χ1v) is 9.88. The molecule has 1 aromatic heterocycles. The van der Waals surface area contributed by atoms with Gasteiger partial charge in [-0.3, -0.25) is 4.90 Å². The molecule has 2 aliphatic heterocycles. The van der Waals surface area contributed by atoms with Crippen molar-refractivity contribution in [3.8, 4) is 0 Å². The summed E-state index contributed by atoms with van der Waals surface area (Å²) in [5.41, 5.74) is 1.05. The maximum Gasteiger partial charge on any atom is 0.151 e. The molecule has 122 valence electrons. The van der Waals surface area contributed by atoms with Crippen LogP contribution < -0.4 is 0 Å². The molecule has 2 saturated heterocycles. The van der Waals surface area contributed by atoms with Gasteiger partial charge in [-0.05, 0) is 30.9 Å². The summed E-state index contributed by atoms with van der Waals surface area (Å²) in [6, 6.07) is 3.79. The summed E-state index contributed by atoms with van der Waals surface area (Å²) in [5, 5.41) is 0.470. The topological polar surface area (TPSA) is 59.5 Å². The van der Waals surface area contributed by atoms with Gasteiger partial charge in [0, 0.05) is 31.9 Å². The van der Waals surface area contributed by atoms with Crippen LogP contribution in [-0.2, 0) is 21.1 Å². The van der Waals surface area contributed by atoms with E-state index in [1.807, 2.05) is 6.07 Å². The van der Waals surface area contributed by atoms with Gasteiger partial charge in [0.05, 0.1) is 17.6 Å². The predicted molar refractivity (Wildman–Crippen MR) is 85.7 cm³/mol. The number of hydrogen-bond acceptors (Lipinski definition) is 5. The summed E-state index contributed by atoms with van der Waals surface area (Å²) in [7, 11) is -2.89. The van der Waals surface area contributed by atoms with Gasteiger partial charge in [-0.15, -0.1) is 0 Å². The van der Waals surface area contributed by atoms with Gasteiger partial charge in [-0.1, -0.05) is 17.7 Å². The molecule has 1 aromatic rings. The van der Waals surface area contributed by atoms with Gasteiger partial charge in [-0.25, -0.2) is 13.4 Å². The number of pyridine rings is 1. The van der Waals surface area contributed by atoms with Gasteiger partial charge in [0.1, 0.15) is 5.15 Å². The second kappa shape index (κ2) is 6.83. The Labute approximate surface area is 136 Å². The predicted octanol–water partition coefficient (Wildman–Crippen LogP) is 1.90. The molecule has 2 fully saturated rings. The van der Waals surface area contributed by atoms with E-state index in [1.54, 1.807) is 12.3 Å². The van der Waals surface area contributed by atoms with Gasteiger partial charge in [0.2, 0.25) is 0 Å². The zero-order valence-electron chi connectivity index (χ0n) is 12.4. The zero-order chi connectivity index (χ0) is 15.6. The Kier molecular flexibility index (Phi) is 5.02. The number of hydrogen-bond donors (Lipinski definition) is 0. The number of rotatable bonds is 5. The normalized spacial score (nSPS) is 27.5. The molecule has 2 atom stereocenters. The fraction of sp³-hybridized carbons (Fsp3) is 0.667. The van der Waals surface area contributed by atoms with Crippen LogP contribution in [0.4, 0.5) is 0 Å². The number of halogens is 1. The summed E-state index contributed by atoms with van der Waals surface area (Å²) < 4.78 is 29.3. The van der Waals surface area contributed by atoms with Crippen LogP contribution in [0.5, 0.6) is 0 Å². The second-order valence-corrected chi connectivity index (χ2v) is 8.73. The quantitative estimate of drug-likeness (QED) is 0.763. The first-order valence-electron chi connectivity index (χ1n) is 7.68. The van der Waals surface area contributed by atoms with E-state index in [0.29, 0.717) is 23.9 Å². The van der Waals surface area contributed by atoms with E-state index in [-0.39, 0.29) is 17.9 Å². The number of aromatic nitrogens is 1. The molecule has 0 saturated carbocycles. The highest BCUT2D eigenvalue weighted by atomic mass is 35.5. The molecule has 0 bridgehead atoms. The lowest BCUT2D eigenvalue weighted by atomic mass is 10.1. The fourth-order valence-electron chi connectivity index (χ4n) is 3.19. The molecular weight excluding hydrogens is 324 g/mol. The van der Waals surface area contributed by atoms with Crippen LogP contribution in [0.2, 0.25) is 5.15 Å². The van der Waals surface area contributed by atoms with Crippen molar-refractivity contribution in [3.63, 3.8) is 0 Å². The first kappa shape index (κ1) is 16.2. The third-order valence-electron chi connectivity index (χ3n) is 4.36. The van der Waals surface area contributed by atoms with Gasteiger partial charge >= 0.3 is 0 Å². The zero-order valence-corrected chi connectivity index (χ0v) is 14.0. The van der Waals surface area contributed by atoms with Crippen LogP contribution in [0.3, 0.4) is 0 Å². The molecule has 22 heavy (non-hydrogen) atoms. The van der Waals surface area contributed by atoms with Crippen LogP contribution in [0.15, 0.2) is 18.3 Å². The van der Waals surface area contributed by atoms with Crippen molar-refractivity contribution >= 4 is 21.4 Å². The smallest absolute Gasteiger partial charge is 0.151 e. The SMILES string of the molecule is O=S1(=O)CC[C@H](N(Cc2ccc(Cl)nc2)C[C@@H]2CCCO2)C1. The van der Waals surface area contributed by atoms with Crippen LogP contribution >= 0.6 is 11.6 Å². The average molecular weight is 345 g/mol. The average Bonchev–Trinajstić information content (AvgIpc) is 3.10. The minimum atomic E-state index is -2.89. The molecular formula is C15H21ClN2O3S. The van der Waals surface area contributed by atoms with Crippen molar-refractivity contribution in [2.75, 3.05) is 24.7 Å². The third kappa shape index (κ3) is 4.19. The molecule has 0 aliphatic carbocycles. The lowest BCUT2D eigenvalue weighted by Crippen LogP contribution is -2.40. The summed E-state index contributed by atoms with van der Waals surface area (Å²) in [6.07, 6.45) is 4.81. The van der Waals surface area contributed by atoms with E-state index in [0.717, 1.165) is 31.6 Å². The molecule has 0 amide bonds. The van der Waals surface area contributed by atoms with Gasteiger partial charge in [0.15, 0.2) is 9.84 Å². The van der Waals surface area contributed by atoms with E-state index < -0.39 is 9.84 Å². The van der Waals surface area contributed by atoms with Crippen molar-refractivity contribution in [2.24, 2.45) is 0 Å². The minimum Gasteiger partial charge on any atom is -0.377 e. The minimum absolute atomic E-state index is 0.0740. The molecule has 0 spiro atoms. The Morgan fingerprint density at radius 3 is 2.82 bits per heavy atom. The Hall–Kier alpha value is -0.690. The molecule has 0 radical (unpaired) electrons. The molecule has 0 aromatic carbocycles. The summed E-state index contributed by atoms with van der Waals surface area (Å²) in [6.45, 7) is 2.27. The fourth-order valence-corrected chi connectivity index (χ4v) is 5.06. The van der Waals surface area contributed by atoms with Gasteiger partial charge < -0.3 is 4.74 Å². The van der Waals surface area contributed by atoms with E-state index in [9.17, 15) is 8.42 Å². The number of ether oxygens (including phenoxy) is 1. The highest BCUT2D eigenvalue weighted by molar-refractivity contribution is 7.91. The molecule has 5 nitrogen and oxygen atoms in total. The maximum atomic E-state index is 11.8. The van der Waals surface area contributed by atoms with E-state index >= 15 is 0 Å². The Morgan fingerprint density at radius 2 is 2.23 bits per heavy atom. The number of sulfone groups is 1.